The van der Waals surface area contributed by atoms with E-state index >= 15 is 0 Å². The zero-order valence-corrected chi connectivity index (χ0v) is 18.3. The van der Waals surface area contributed by atoms with Gasteiger partial charge in [-0.1, -0.05) is 0 Å². The number of morpholine rings is 1. The van der Waals surface area contributed by atoms with E-state index in [4.69, 9.17) is 9.72 Å². The van der Waals surface area contributed by atoms with Crippen LogP contribution in [0.5, 0.6) is 0 Å². The van der Waals surface area contributed by atoms with Crippen LogP contribution in [0.4, 0.5) is 0 Å². The van der Waals surface area contributed by atoms with Crippen molar-refractivity contribution < 1.29 is 9.53 Å². The molecule has 4 bridgehead atoms. The number of carbonyl (C=O) groups excluding carboxylic acids is 1. The van der Waals surface area contributed by atoms with Crippen LogP contribution in [0.2, 0.25) is 0 Å². The predicted octanol–water partition coefficient (Wildman–Crippen LogP) is 3.90. The molecule has 0 amide bonds. The Labute approximate surface area is 177 Å². The zero-order chi connectivity index (χ0) is 20.2. The highest BCUT2D eigenvalue weighted by Gasteiger charge is 2.52. The van der Waals surface area contributed by atoms with E-state index in [1.54, 1.807) is 0 Å². The second-order valence-electron chi connectivity index (χ2n) is 10.2. The van der Waals surface area contributed by atoms with Gasteiger partial charge in [-0.25, -0.2) is 4.98 Å². The Kier molecular flexibility index (Phi) is 5.04. The van der Waals surface area contributed by atoms with E-state index in [0.29, 0.717) is 11.6 Å². The monoisotopic (exact) mass is 413 g/mol. The third kappa shape index (κ3) is 3.66. The summed E-state index contributed by atoms with van der Waals surface area (Å²) in [4.78, 5) is 20.0. The Hall–Kier alpha value is -1.29. The molecule has 6 heteroatoms. The normalized spacial score (nSPS) is 40.0. The van der Waals surface area contributed by atoms with Crippen molar-refractivity contribution in [3.63, 3.8) is 0 Å². The van der Waals surface area contributed by atoms with E-state index in [0.717, 1.165) is 30.8 Å². The Bertz CT molecular complexity index is 783. The summed E-state index contributed by atoms with van der Waals surface area (Å²) < 4.78 is 5.76. The Morgan fingerprint density at radius 1 is 1.24 bits per heavy atom. The maximum atomic E-state index is 13.0. The number of hydrogen-bond donors (Lipinski definition) is 0. The molecule has 1 saturated heterocycles. The van der Waals surface area contributed by atoms with E-state index < -0.39 is 5.92 Å². The first kappa shape index (κ1) is 19.7. The second-order valence-corrected chi connectivity index (χ2v) is 11.1. The molecule has 0 spiro atoms. The molecule has 5 nitrogen and oxygen atoms in total. The number of rotatable bonds is 5. The first-order valence-electron chi connectivity index (χ1n) is 11.2. The minimum atomic E-state index is -0.740. The Morgan fingerprint density at radius 2 is 1.83 bits per heavy atom. The van der Waals surface area contributed by atoms with Crippen LogP contribution in [-0.2, 0) is 14.9 Å². The molecule has 1 aromatic rings. The molecule has 6 rings (SSSR count). The van der Waals surface area contributed by atoms with Crippen molar-refractivity contribution in [2.75, 3.05) is 19.6 Å². The lowest BCUT2D eigenvalue weighted by molar-refractivity contribution is -0.124. The highest BCUT2D eigenvalue weighted by Crippen LogP contribution is 2.60. The topological polar surface area (TPSA) is 66.2 Å². The SMILES string of the molecule is C[C@@H]1CN(CC(=O)[C@@H](C#N)c2nc(C34CC5CC(CC(C5)C3)C4)cs2)C[C@H](C)O1. The molecule has 3 atom stereocenters. The zero-order valence-electron chi connectivity index (χ0n) is 17.5. The molecule has 0 unspecified atom stereocenters. The van der Waals surface area contributed by atoms with Gasteiger partial charge in [-0.2, -0.15) is 5.26 Å². The summed E-state index contributed by atoms with van der Waals surface area (Å²) in [6, 6.07) is 2.26. The Balaban J connectivity index is 1.31. The number of ketones is 1. The lowest BCUT2D eigenvalue weighted by atomic mass is 9.49. The van der Waals surface area contributed by atoms with Crippen molar-refractivity contribution >= 4 is 17.1 Å². The van der Waals surface area contributed by atoms with Gasteiger partial charge in [-0.3, -0.25) is 9.69 Å². The van der Waals surface area contributed by atoms with Crippen LogP contribution >= 0.6 is 11.3 Å². The molecule has 0 aromatic carbocycles. The maximum absolute atomic E-state index is 13.0. The van der Waals surface area contributed by atoms with Crippen molar-refractivity contribution in [3.05, 3.63) is 16.1 Å². The minimum absolute atomic E-state index is 0.0276. The van der Waals surface area contributed by atoms with Crippen LogP contribution in [0.25, 0.3) is 0 Å². The highest BCUT2D eigenvalue weighted by atomic mass is 32.1. The van der Waals surface area contributed by atoms with Gasteiger partial charge < -0.3 is 4.74 Å². The maximum Gasteiger partial charge on any atom is 0.170 e. The molecule has 156 valence electrons. The molecule has 4 aliphatic carbocycles. The van der Waals surface area contributed by atoms with Crippen LogP contribution in [0.1, 0.15) is 69.0 Å². The molecular formula is C23H31N3O2S. The smallest absolute Gasteiger partial charge is 0.170 e. The number of hydrogen-bond acceptors (Lipinski definition) is 6. The summed E-state index contributed by atoms with van der Waals surface area (Å²) in [6.07, 6.45) is 8.25. The van der Waals surface area contributed by atoms with E-state index in [-0.39, 0.29) is 23.4 Å². The van der Waals surface area contributed by atoms with E-state index in [1.165, 1.54) is 55.6 Å². The predicted molar refractivity (Wildman–Crippen MR) is 112 cm³/mol. The number of thiazole rings is 1. The summed E-state index contributed by atoms with van der Waals surface area (Å²) in [5.41, 5.74) is 1.40. The van der Waals surface area contributed by atoms with Crippen LogP contribution < -0.4 is 0 Å². The third-order valence-corrected chi connectivity index (χ3v) is 8.59. The average Bonchev–Trinajstić information content (AvgIpc) is 3.11. The van der Waals surface area contributed by atoms with E-state index in [1.807, 2.05) is 13.8 Å². The fourth-order valence-corrected chi connectivity index (χ4v) is 8.08. The molecule has 1 aliphatic heterocycles. The number of aromatic nitrogens is 1. The van der Waals surface area contributed by atoms with Crippen molar-refractivity contribution in [1.29, 1.82) is 5.26 Å². The van der Waals surface area contributed by atoms with Gasteiger partial charge in [0.2, 0.25) is 0 Å². The van der Waals surface area contributed by atoms with Gasteiger partial charge in [0.25, 0.3) is 0 Å². The van der Waals surface area contributed by atoms with Crippen LogP contribution in [-0.4, -0.2) is 47.5 Å². The number of ether oxygens (including phenoxy) is 1. The summed E-state index contributed by atoms with van der Waals surface area (Å²) in [6.45, 7) is 5.86. The lowest BCUT2D eigenvalue weighted by Crippen LogP contribution is -2.48. The molecule has 4 saturated carbocycles. The van der Waals surface area contributed by atoms with Crippen molar-refractivity contribution in [3.8, 4) is 6.07 Å². The van der Waals surface area contributed by atoms with E-state index in [9.17, 15) is 10.1 Å². The second kappa shape index (κ2) is 7.44. The van der Waals surface area contributed by atoms with Gasteiger partial charge in [0.1, 0.15) is 5.01 Å². The van der Waals surface area contributed by atoms with Gasteiger partial charge >= 0.3 is 0 Å². The fraction of sp³-hybridized carbons (Fsp3) is 0.783. The first-order chi connectivity index (χ1) is 13.9. The van der Waals surface area contributed by atoms with Gasteiger partial charge in [0.15, 0.2) is 11.7 Å². The third-order valence-electron chi connectivity index (χ3n) is 7.68. The number of Topliss-reactive ketones (excluding diaryl/α,β-unsaturated/α-hetero) is 1. The molecule has 29 heavy (non-hydrogen) atoms. The summed E-state index contributed by atoms with van der Waals surface area (Å²) in [5, 5.41) is 12.7. The summed E-state index contributed by atoms with van der Waals surface area (Å²) in [7, 11) is 0. The van der Waals surface area contributed by atoms with Gasteiger partial charge in [-0.05, 0) is 70.1 Å². The number of nitrogens with zero attached hydrogens (tertiary/aromatic N) is 3. The first-order valence-corrected chi connectivity index (χ1v) is 12.1. The lowest BCUT2D eigenvalue weighted by Gasteiger charge is -2.56. The molecule has 5 aliphatic rings. The number of nitriles is 1. The molecular weight excluding hydrogens is 382 g/mol. The molecule has 0 radical (unpaired) electrons. The quantitative estimate of drug-likeness (QED) is 0.732. The van der Waals surface area contributed by atoms with Crippen molar-refractivity contribution in [2.24, 2.45) is 17.8 Å². The largest absolute Gasteiger partial charge is 0.373 e. The molecule has 1 aromatic heterocycles. The standard InChI is InChI=1S/C23H31N3O2S/c1-14-10-26(11-15(2)28-14)12-20(27)19(9-24)22-25-21(13-29-22)23-6-16-3-17(7-23)5-18(4-16)8-23/h13-19H,3-8,10-12H2,1-2H3/t14-,15+,16?,17?,18?,19-,23?/m1/s1. The Morgan fingerprint density at radius 3 is 2.38 bits per heavy atom. The van der Waals surface area contributed by atoms with Gasteiger partial charge in [0, 0.05) is 23.9 Å². The van der Waals surface area contributed by atoms with E-state index in [2.05, 4.69) is 16.3 Å². The average molecular weight is 414 g/mol. The number of carbonyl (C=O) groups is 1. The van der Waals surface area contributed by atoms with Crippen LogP contribution in [0, 0.1) is 29.1 Å². The summed E-state index contributed by atoms with van der Waals surface area (Å²) in [5.74, 6) is 1.83. The van der Waals surface area contributed by atoms with Crippen LogP contribution in [0.3, 0.4) is 0 Å². The van der Waals surface area contributed by atoms with Crippen LogP contribution in [0.15, 0.2) is 5.38 Å². The molecule has 2 heterocycles. The van der Waals surface area contributed by atoms with Gasteiger partial charge in [-0.15, -0.1) is 11.3 Å². The van der Waals surface area contributed by atoms with Gasteiger partial charge in [0.05, 0.1) is 30.5 Å². The summed E-state index contributed by atoms with van der Waals surface area (Å²) >= 11 is 1.52. The van der Waals surface area contributed by atoms with Crippen molar-refractivity contribution in [1.82, 2.24) is 9.88 Å². The minimum Gasteiger partial charge on any atom is -0.373 e. The molecule has 5 fully saturated rings. The fourth-order valence-electron chi connectivity index (χ4n) is 7.08. The highest BCUT2D eigenvalue weighted by molar-refractivity contribution is 7.10. The molecule has 0 N–H and O–H groups in total. The van der Waals surface area contributed by atoms with Crippen molar-refractivity contribution in [2.45, 2.75) is 75.9 Å².